The highest BCUT2D eigenvalue weighted by Crippen LogP contribution is 2.42. The number of thiophene rings is 1. The second-order valence-electron chi connectivity index (χ2n) is 5.97. The minimum atomic E-state index is -0.528. The summed E-state index contributed by atoms with van der Waals surface area (Å²) in [6, 6.07) is 11.3. The SMILES string of the molecule is CC(C)C(C#N)(c1csc(-c2ccccc2F)c1)C(C)C. The Morgan fingerprint density at radius 3 is 2.29 bits per heavy atom. The summed E-state index contributed by atoms with van der Waals surface area (Å²) in [6.07, 6.45) is 0. The average Bonchev–Trinajstić information content (AvgIpc) is 2.89. The zero-order chi connectivity index (χ0) is 15.6. The summed E-state index contributed by atoms with van der Waals surface area (Å²) in [4.78, 5) is 0.879. The van der Waals surface area contributed by atoms with Gasteiger partial charge in [-0.3, -0.25) is 0 Å². The fourth-order valence-electron chi connectivity index (χ4n) is 3.01. The van der Waals surface area contributed by atoms with E-state index in [1.54, 1.807) is 12.1 Å². The summed E-state index contributed by atoms with van der Waals surface area (Å²) in [5, 5.41) is 11.8. The van der Waals surface area contributed by atoms with Crippen molar-refractivity contribution in [1.82, 2.24) is 0 Å². The fourth-order valence-corrected chi connectivity index (χ4v) is 4.02. The van der Waals surface area contributed by atoms with Gasteiger partial charge in [0.1, 0.15) is 5.82 Å². The van der Waals surface area contributed by atoms with Gasteiger partial charge < -0.3 is 0 Å². The number of hydrogen-bond acceptors (Lipinski definition) is 2. The summed E-state index contributed by atoms with van der Waals surface area (Å²) in [7, 11) is 0. The predicted octanol–water partition coefficient (Wildman–Crippen LogP) is 5.63. The Labute approximate surface area is 130 Å². The van der Waals surface area contributed by atoms with Crippen molar-refractivity contribution in [2.75, 3.05) is 0 Å². The molecule has 0 saturated carbocycles. The highest BCUT2D eigenvalue weighted by Gasteiger charge is 2.40. The zero-order valence-corrected chi connectivity index (χ0v) is 13.7. The van der Waals surface area contributed by atoms with Crippen LogP contribution in [0.15, 0.2) is 35.7 Å². The normalized spacial score (nSPS) is 11.9. The zero-order valence-electron chi connectivity index (χ0n) is 12.9. The van der Waals surface area contributed by atoms with Crippen LogP contribution in [0.1, 0.15) is 33.3 Å². The van der Waals surface area contributed by atoms with Crippen molar-refractivity contribution in [2.24, 2.45) is 11.8 Å². The number of nitrogens with zero attached hydrogens (tertiary/aromatic N) is 1. The standard InChI is InChI=1S/C18H20FNS/c1-12(2)18(11-20,13(3)4)14-9-17(21-10-14)15-7-5-6-8-16(15)19/h5-10,12-13H,1-4H3. The number of rotatable bonds is 4. The molecule has 1 heterocycles. The van der Waals surface area contributed by atoms with Crippen LogP contribution in [0, 0.1) is 29.0 Å². The van der Waals surface area contributed by atoms with Crippen LogP contribution in [0.25, 0.3) is 10.4 Å². The van der Waals surface area contributed by atoms with E-state index in [0.29, 0.717) is 5.56 Å². The minimum Gasteiger partial charge on any atom is -0.206 e. The van der Waals surface area contributed by atoms with Crippen molar-refractivity contribution in [1.29, 1.82) is 5.26 Å². The molecule has 0 radical (unpaired) electrons. The first-order valence-corrected chi connectivity index (χ1v) is 8.06. The van der Waals surface area contributed by atoms with Crippen molar-refractivity contribution >= 4 is 11.3 Å². The highest BCUT2D eigenvalue weighted by molar-refractivity contribution is 7.13. The van der Waals surface area contributed by atoms with Crippen molar-refractivity contribution in [2.45, 2.75) is 33.1 Å². The predicted molar refractivity (Wildman–Crippen MR) is 86.7 cm³/mol. The summed E-state index contributed by atoms with van der Waals surface area (Å²) in [5.74, 6) is 0.179. The lowest BCUT2D eigenvalue weighted by molar-refractivity contribution is 0.296. The van der Waals surface area contributed by atoms with Gasteiger partial charge >= 0.3 is 0 Å². The Kier molecular flexibility index (Phi) is 4.49. The van der Waals surface area contributed by atoms with Crippen LogP contribution < -0.4 is 0 Å². The van der Waals surface area contributed by atoms with Gasteiger partial charge in [-0.05, 0) is 34.9 Å². The molecule has 0 bridgehead atoms. The fraction of sp³-hybridized carbons (Fsp3) is 0.389. The molecule has 21 heavy (non-hydrogen) atoms. The molecule has 0 saturated heterocycles. The van der Waals surface area contributed by atoms with E-state index in [1.165, 1.54) is 17.4 Å². The van der Waals surface area contributed by atoms with Crippen LogP contribution in [0.5, 0.6) is 0 Å². The first-order chi connectivity index (χ1) is 9.93. The molecule has 0 atom stereocenters. The summed E-state index contributed by atoms with van der Waals surface area (Å²) >= 11 is 1.50. The number of halogens is 1. The van der Waals surface area contributed by atoms with E-state index in [2.05, 4.69) is 33.8 Å². The lowest BCUT2D eigenvalue weighted by atomic mass is 9.66. The van der Waals surface area contributed by atoms with Gasteiger partial charge in [-0.1, -0.05) is 45.9 Å². The average molecular weight is 301 g/mol. The van der Waals surface area contributed by atoms with Gasteiger partial charge in [-0.15, -0.1) is 11.3 Å². The topological polar surface area (TPSA) is 23.8 Å². The monoisotopic (exact) mass is 301 g/mol. The summed E-state index contributed by atoms with van der Waals surface area (Å²) in [6.45, 7) is 8.29. The Morgan fingerprint density at radius 1 is 1.14 bits per heavy atom. The van der Waals surface area contributed by atoms with Crippen LogP contribution in [0.3, 0.4) is 0 Å². The van der Waals surface area contributed by atoms with Crippen LogP contribution in [0.4, 0.5) is 4.39 Å². The molecule has 0 aliphatic heterocycles. The molecule has 0 unspecified atom stereocenters. The second kappa shape index (κ2) is 5.99. The maximum Gasteiger partial charge on any atom is 0.131 e. The molecule has 0 amide bonds. The Bertz CT molecular complexity index is 656. The van der Waals surface area contributed by atoms with E-state index in [-0.39, 0.29) is 17.7 Å². The maximum atomic E-state index is 13.9. The maximum absolute atomic E-state index is 13.9. The van der Waals surface area contributed by atoms with E-state index >= 15 is 0 Å². The van der Waals surface area contributed by atoms with Gasteiger partial charge in [-0.25, -0.2) is 4.39 Å². The molecule has 1 aromatic heterocycles. The molecule has 0 fully saturated rings. The number of benzene rings is 1. The van der Waals surface area contributed by atoms with Crippen LogP contribution in [0.2, 0.25) is 0 Å². The van der Waals surface area contributed by atoms with E-state index in [1.807, 2.05) is 17.5 Å². The summed E-state index contributed by atoms with van der Waals surface area (Å²) in [5.41, 5.74) is 1.08. The van der Waals surface area contributed by atoms with Crippen molar-refractivity contribution < 1.29 is 4.39 Å². The quantitative estimate of drug-likeness (QED) is 0.718. The molecule has 1 aromatic carbocycles. The first-order valence-electron chi connectivity index (χ1n) is 7.18. The van der Waals surface area contributed by atoms with E-state index in [0.717, 1.165) is 10.4 Å². The van der Waals surface area contributed by atoms with Gasteiger partial charge in [0.2, 0.25) is 0 Å². The van der Waals surface area contributed by atoms with Gasteiger partial charge in [0.25, 0.3) is 0 Å². The second-order valence-corrected chi connectivity index (χ2v) is 6.88. The van der Waals surface area contributed by atoms with Crippen LogP contribution in [-0.4, -0.2) is 0 Å². The molecule has 0 spiro atoms. The lowest BCUT2D eigenvalue weighted by Gasteiger charge is -2.34. The Hall–Kier alpha value is -1.66. The van der Waals surface area contributed by atoms with Gasteiger partial charge in [0.15, 0.2) is 0 Å². The summed E-state index contributed by atoms with van der Waals surface area (Å²) < 4.78 is 13.9. The van der Waals surface area contributed by atoms with E-state index in [4.69, 9.17) is 0 Å². The van der Waals surface area contributed by atoms with Crippen molar-refractivity contribution in [3.8, 4) is 16.5 Å². The molecule has 110 valence electrons. The molecule has 2 aromatic rings. The number of hydrogen-bond donors (Lipinski definition) is 0. The highest BCUT2D eigenvalue weighted by atomic mass is 32.1. The largest absolute Gasteiger partial charge is 0.206 e. The lowest BCUT2D eigenvalue weighted by Crippen LogP contribution is -2.35. The molecule has 0 aliphatic carbocycles. The molecular weight excluding hydrogens is 281 g/mol. The smallest absolute Gasteiger partial charge is 0.131 e. The molecular formula is C18H20FNS. The van der Waals surface area contributed by atoms with Crippen molar-refractivity contribution in [3.63, 3.8) is 0 Å². The molecule has 0 N–H and O–H groups in total. The van der Waals surface area contributed by atoms with Crippen molar-refractivity contribution in [3.05, 3.63) is 47.1 Å². The van der Waals surface area contributed by atoms with Gasteiger partial charge in [0.05, 0.1) is 11.5 Å². The third-order valence-electron chi connectivity index (χ3n) is 4.22. The van der Waals surface area contributed by atoms with Gasteiger partial charge in [0, 0.05) is 10.4 Å². The van der Waals surface area contributed by atoms with E-state index < -0.39 is 5.41 Å². The van der Waals surface area contributed by atoms with Gasteiger partial charge in [-0.2, -0.15) is 5.26 Å². The molecule has 0 aliphatic rings. The molecule has 1 nitrogen and oxygen atoms in total. The Morgan fingerprint density at radius 2 is 1.76 bits per heavy atom. The Balaban J connectivity index is 2.53. The molecule has 3 heteroatoms. The third-order valence-corrected chi connectivity index (χ3v) is 5.19. The molecule has 2 rings (SSSR count). The van der Waals surface area contributed by atoms with Crippen LogP contribution in [-0.2, 0) is 5.41 Å². The minimum absolute atomic E-state index is 0.200. The van der Waals surface area contributed by atoms with E-state index in [9.17, 15) is 9.65 Å². The number of nitriles is 1. The first kappa shape index (κ1) is 15.7. The van der Waals surface area contributed by atoms with Crippen LogP contribution >= 0.6 is 11.3 Å². The third kappa shape index (κ3) is 2.61.